The van der Waals surface area contributed by atoms with E-state index in [9.17, 15) is 0 Å². The van der Waals surface area contributed by atoms with Gasteiger partial charge in [0.25, 0.3) is 0 Å². The first kappa shape index (κ1) is 15.9. The highest BCUT2D eigenvalue weighted by Crippen LogP contribution is 2.22. The third kappa shape index (κ3) is 5.10. The van der Waals surface area contributed by atoms with Crippen LogP contribution in [0.4, 0.5) is 0 Å². The van der Waals surface area contributed by atoms with E-state index in [1.165, 1.54) is 0 Å². The van der Waals surface area contributed by atoms with Crippen LogP contribution < -0.4 is 5.32 Å². The van der Waals surface area contributed by atoms with Gasteiger partial charge in [0.1, 0.15) is 0 Å². The van der Waals surface area contributed by atoms with Crippen molar-refractivity contribution in [2.24, 2.45) is 0 Å². The van der Waals surface area contributed by atoms with Gasteiger partial charge in [-0.1, -0.05) is 29.8 Å². The van der Waals surface area contributed by atoms with E-state index >= 15 is 0 Å². The van der Waals surface area contributed by atoms with E-state index in [0.717, 1.165) is 11.3 Å². The van der Waals surface area contributed by atoms with Gasteiger partial charge in [-0.2, -0.15) is 0 Å². The molecule has 0 saturated carbocycles. The average molecular weight is 307 g/mol. The SMILES string of the molecule is OCCOCCNC(c1cccc(Cl)c1)c1ccccn1. The second-order valence-electron chi connectivity index (χ2n) is 4.53. The molecular weight excluding hydrogens is 288 g/mol. The fourth-order valence-corrected chi connectivity index (χ4v) is 2.27. The molecule has 0 fully saturated rings. The summed E-state index contributed by atoms with van der Waals surface area (Å²) in [6.45, 7) is 1.59. The molecule has 1 aromatic carbocycles. The Hall–Kier alpha value is -1.46. The van der Waals surface area contributed by atoms with Gasteiger partial charge in [-0.15, -0.1) is 0 Å². The maximum absolute atomic E-state index is 8.69. The molecule has 1 aromatic heterocycles. The number of aromatic nitrogens is 1. The topological polar surface area (TPSA) is 54.4 Å². The number of hydrogen-bond donors (Lipinski definition) is 2. The normalized spacial score (nSPS) is 12.3. The summed E-state index contributed by atoms with van der Waals surface area (Å²) >= 11 is 6.08. The predicted octanol–water partition coefficient (Wildman–Crippen LogP) is 2.42. The highest BCUT2D eigenvalue weighted by Gasteiger charge is 2.14. The Kier molecular flexibility index (Phi) is 6.63. The van der Waals surface area contributed by atoms with E-state index in [4.69, 9.17) is 21.4 Å². The lowest BCUT2D eigenvalue weighted by atomic mass is 10.0. The van der Waals surface area contributed by atoms with Crippen molar-refractivity contribution >= 4 is 11.6 Å². The minimum Gasteiger partial charge on any atom is -0.394 e. The average Bonchev–Trinajstić information content (AvgIpc) is 2.52. The van der Waals surface area contributed by atoms with Crippen molar-refractivity contribution in [3.63, 3.8) is 0 Å². The van der Waals surface area contributed by atoms with Crippen LogP contribution in [0.3, 0.4) is 0 Å². The van der Waals surface area contributed by atoms with Crippen molar-refractivity contribution in [3.8, 4) is 0 Å². The van der Waals surface area contributed by atoms with Gasteiger partial charge >= 0.3 is 0 Å². The van der Waals surface area contributed by atoms with Crippen molar-refractivity contribution in [2.75, 3.05) is 26.4 Å². The molecule has 0 aliphatic heterocycles. The van der Waals surface area contributed by atoms with Crippen LogP contribution in [-0.4, -0.2) is 36.5 Å². The number of benzene rings is 1. The molecule has 5 heteroatoms. The Balaban J connectivity index is 2.08. The number of ether oxygens (including phenoxy) is 1. The Morgan fingerprint density at radius 3 is 2.81 bits per heavy atom. The predicted molar refractivity (Wildman–Crippen MR) is 83.4 cm³/mol. The van der Waals surface area contributed by atoms with Crippen molar-refractivity contribution in [2.45, 2.75) is 6.04 Å². The summed E-state index contributed by atoms with van der Waals surface area (Å²) in [4.78, 5) is 4.41. The number of aliphatic hydroxyl groups excluding tert-OH is 1. The molecule has 1 atom stereocenters. The monoisotopic (exact) mass is 306 g/mol. The number of halogens is 1. The van der Waals surface area contributed by atoms with E-state index in [-0.39, 0.29) is 12.6 Å². The van der Waals surface area contributed by atoms with Gasteiger partial charge < -0.3 is 15.2 Å². The first-order valence-electron chi connectivity index (χ1n) is 6.89. The van der Waals surface area contributed by atoms with Crippen molar-refractivity contribution in [1.29, 1.82) is 0 Å². The molecule has 2 N–H and O–H groups in total. The molecule has 2 aromatic rings. The number of hydrogen-bond acceptors (Lipinski definition) is 4. The Morgan fingerprint density at radius 1 is 1.19 bits per heavy atom. The van der Waals surface area contributed by atoms with Gasteiger partial charge in [-0.3, -0.25) is 4.98 Å². The summed E-state index contributed by atoms with van der Waals surface area (Å²) in [5.41, 5.74) is 1.99. The molecule has 2 rings (SSSR count). The molecule has 1 unspecified atom stereocenters. The second-order valence-corrected chi connectivity index (χ2v) is 4.97. The molecule has 112 valence electrons. The molecule has 0 radical (unpaired) electrons. The molecule has 0 saturated heterocycles. The number of aliphatic hydroxyl groups is 1. The summed E-state index contributed by atoms with van der Waals surface area (Å²) in [6, 6.07) is 13.5. The van der Waals surface area contributed by atoms with Gasteiger partial charge in [-0.05, 0) is 29.8 Å². The van der Waals surface area contributed by atoms with Gasteiger partial charge in [0.2, 0.25) is 0 Å². The number of rotatable bonds is 8. The first-order chi connectivity index (χ1) is 10.3. The van der Waals surface area contributed by atoms with Crippen LogP contribution in [0.15, 0.2) is 48.7 Å². The van der Waals surface area contributed by atoms with Crippen LogP contribution in [0, 0.1) is 0 Å². The summed E-state index contributed by atoms with van der Waals surface area (Å²) in [5.74, 6) is 0. The molecular formula is C16H19ClN2O2. The molecule has 0 spiro atoms. The molecule has 0 aliphatic carbocycles. The Labute approximate surface area is 129 Å². The van der Waals surface area contributed by atoms with Crippen molar-refractivity contribution < 1.29 is 9.84 Å². The fraction of sp³-hybridized carbons (Fsp3) is 0.312. The molecule has 4 nitrogen and oxygen atoms in total. The third-order valence-corrected chi connectivity index (χ3v) is 3.23. The number of nitrogens with zero attached hydrogens (tertiary/aromatic N) is 1. The molecule has 21 heavy (non-hydrogen) atoms. The zero-order valence-electron chi connectivity index (χ0n) is 11.7. The van der Waals surface area contributed by atoms with Crippen LogP contribution in [0.1, 0.15) is 17.3 Å². The quantitative estimate of drug-likeness (QED) is 0.736. The van der Waals surface area contributed by atoms with E-state index in [1.807, 2.05) is 42.5 Å². The van der Waals surface area contributed by atoms with Gasteiger partial charge in [0, 0.05) is 17.8 Å². The first-order valence-corrected chi connectivity index (χ1v) is 7.27. The lowest BCUT2D eigenvalue weighted by molar-refractivity contribution is 0.0931. The summed E-state index contributed by atoms with van der Waals surface area (Å²) in [6.07, 6.45) is 1.77. The molecule has 0 amide bonds. The van der Waals surface area contributed by atoms with Crippen LogP contribution >= 0.6 is 11.6 Å². The standard InChI is InChI=1S/C16H19ClN2O2/c17-14-5-3-4-13(12-14)16(15-6-1-2-7-18-15)19-8-10-21-11-9-20/h1-7,12,16,19-20H,8-11H2. The van der Waals surface area contributed by atoms with E-state index in [2.05, 4.69) is 10.3 Å². The minimum atomic E-state index is -0.0392. The molecule has 1 heterocycles. The number of pyridine rings is 1. The van der Waals surface area contributed by atoms with E-state index < -0.39 is 0 Å². The highest BCUT2D eigenvalue weighted by molar-refractivity contribution is 6.30. The maximum Gasteiger partial charge on any atom is 0.0752 e. The zero-order valence-corrected chi connectivity index (χ0v) is 12.5. The van der Waals surface area contributed by atoms with Crippen LogP contribution in [-0.2, 0) is 4.74 Å². The lowest BCUT2D eigenvalue weighted by Crippen LogP contribution is -2.27. The van der Waals surface area contributed by atoms with E-state index in [1.54, 1.807) is 6.20 Å². The minimum absolute atomic E-state index is 0.0392. The third-order valence-electron chi connectivity index (χ3n) is 3.00. The van der Waals surface area contributed by atoms with Crippen LogP contribution in [0.2, 0.25) is 5.02 Å². The fourth-order valence-electron chi connectivity index (χ4n) is 2.07. The van der Waals surface area contributed by atoms with Crippen LogP contribution in [0.5, 0.6) is 0 Å². The second kappa shape index (κ2) is 8.74. The van der Waals surface area contributed by atoms with Crippen molar-refractivity contribution in [1.82, 2.24) is 10.3 Å². The lowest BCUT2D eigenvalue weighted by Gasteiger charge is -2.19. The summed E-state index contributed by atoms with van der Waals surface area (Å²) in [5, 5.41) is 12.8. The van der Waals surface area contributed by atoms with Gasteiger partial charge in [-0.25, -0.2) is 0 Å². The maximum atomic E-state index is 8.69. The zero-order chi connectivity index (χ0) is 14.9. The molecule has 0 aliphatic rings. The largest absolute Gasteiger partial charge is 0.394 e. The number of nitrogens with one attached hydrogen (secondary N) is 1. The Bertz CT molecular complexity index is 537. The smallest absolute Gasteiger partial charge is 0.0752 e. The van der Waals surface area contributed by atoms with Crippen LogP contribution in [0.25, 0.3) is 0 Å². The van der Waals surface area contributed by atoms with Gasteiger partial charge in [0.05, 0.1) is 31.6 Å². The summed E-state index contributed by atoms with van der Waals surface area (Å²) in [7, 11) is 0. The molecule has 0 bridgehead atoms. The van der Waals surface area contributed by atoms with Crippen molar-refractivity contribution in [3.05, 3.63) is 64.9 Å². The summed E-state index contributed by atoms with van der Waals surface area (Å²) < 4.78 is 5.27. The van der Waals surface area contributed by atoms with Gasteiger partial charge in [0.15, 0.2) is 0 Å². The highest BCUT2D eigenvalue weighted by atomic mass is 35.5. The Morgan fingerprint density at radius 2 is 2.10 bits per heavy atom. The van der Waals surface area contributed by atoms with E-state index in [0.29, 0.717) is 24.8 Å².